The van der Waals surface area contributed by atoms with Gasteiger partial charge in [-0.25, -0.2) is 0 Å². The Labute approximate surface area is 94.4 Å². The first-order valence-electron chi connectivity index (χ1n) is 6.54. The molecule has 1 aliphatic carbocycles. The third-order valence-corrected chi connectivity index (χ3v) is 3.83. The molecule has 2 nitrogen and oxygen atoms in total. The number of nitrogens with zero attached hydrogens (tertiary/aromatic N) is 1. The number of piperidine rings is 1. The molecule has 1 N–H and O–H groups in total. The van der Waals surface area contributed by atoms with Gasteiger partial charge in [-0.05, 0) is 44.6 Å². The Morgan fingerprint density at radius 2 is 2.13 bits per heavy atom. The molecule has 15 heavy (non-hydrogen) atoms. The van der Waals surface area contributed by atoms with E-state index in [0.717, 1.165) is 6.04 Å². The highest BCUT2D eigenvalue weighted by atomic mass is 15.2. The lowest BCUT2D eigenvalue weighted by Gasteiger charge is -2.41. The standard InChI is InChI=1S/C13H26N2/c1-11(9-14-12-5-6-12)15-8-4-7-13(2,3)10-15/h11-12,14H,4-10H2,1-3H3. The first kappa shape index (κ1) is 11.4. The molecule has 0 amide bonds. The van der Waals surface area contributed by atoms with E-state index in [1.165, 1.54) is 45.3 Å². The third-order valence-electron chi connectivity index (χ3n) is 3.83. The summed E-state index contributed by atoms with van der Waals surface area (Å²) >= 11 is 0. The molecule has 1 atom stereocenters. The van der Waals surface area contributed by atoms with Crippen LogP contribution in [0.25, 0.3) is 0 Å². The molecule has 1 aliphatic heterocycles. The van der Waals surface area contributed by atoms with Gasteiger partial charge in [0.25, 0.3) is 0 Å². The minimum Gasteiger partial charge on any atom is -0.312 e. The van der Waals surface area contributed by atoms with Crippen LogP contribution in [0.1, 0.15) is 46.5 Å². The molecule has 0 aromatic heterocycles. The minimum absolute atomic E-state index is 0.534. The Hall–Kier alpha value is -0.0800. The molecule has 2 fully saturated rings. The van der Waals surface area contributed by atoms with Crippen LogP contribution in [0.5, 0.6) is 0 Å². The Morgan fingerprint density at radius 3 is 2.73 bits per heavy atom. The topological polar surface area (TPSA) is 15.3 Å². The summed E-state index contributed by atoms with van der Waals surface area (Å²) in [4.78, 5) is 2.67. The van der Waals surface area contributed by atoms with Gasteiger partial charge in [0, 0.05) is 25.2 Å². The highest BCUT2D eigenvalue weighted by Gasteiger charge is 2.29. The minimum atomic E-state index is 0.534. The molecule has 2 rings (SSSR count). The maximum atomic E-state index is 3.64. The van der Waals surface area contributed by atoms with Crippen molar-refractivity contribution < 1.29 is 0 Å². The number of rotatable bonds is 4. The third kappa shape index (κ3) is 3.46. The van der Waals surface area contributed by atoms with Gasteiger partial charge in [-0.15, -0.1) is 0 Å². The summed E-state index contributed by atoms with van der Waals surface area (Å²) in [5.41, 5.74) is 0.534. The molecule has 1 saturated heterocycles. The van der Waals surface area contributed by atoms with Gasteiger partial charge in [-0.3, -0.25) is 4.90 Å². The first-order valence-corrected chi connectivity index (χ1v) is 6.54. The van der Waals surface area contributed by atoms with Gasteiger partial charge in [-0.2, -0.15) is 0 Å². The van der Waals surface area contributed by atoms with Crippen LogP contribution in [0, 0.1) is 5.41 Å². The summed E-state index contributed by atoms with van der Waals surface area (Å²) in [5.74, 6) is 0. The van der Waals surface area contributed by atoms with Crippen LogP contribution in [-0.2, 0) is 0 Å². The molecule has 0 spiro atoms. The van der Waals surface area contributed by atoms with Crippen LogP contribution in [0.2, 0.25) is 0 Å². The number of hydrogen-bond donors (Lipinski definition) is 1. The van der Waals surface area contributed by atoms with E-state index < -0.39 is 0 Å². The van der Waals surface area contributed by atoms with Gasteiger partial charge in [0.15, 0.2) is 0 Å². The van der Waals surface area contributed by atoms with Crippen molar-refractivity contribution in [1.82, 2.24) is 10.2 Å². The number of hydrogen-bond acceptors (Lipinski definition) is 2. The summed E-state index contributed by atoms with van der Waals surface area (Å²) in [6.45, 7) is 10.9. The lowest BCUT2D eigenvalue weighted by atomic mass is 9.83. The Kier molecular flexibility index (Phi) is 3.36. The van der Waals surface area contributed by atoms with E-state index in [9.17, 15) is 0 Å². The molecule has 1 heterocycles. The largest absolute Gasteiger partial charge is 0.312 e. The normalized spacial score (nSPS) is 29.0. The van der Waals surface area contributed by atoms with Crippen molar-refractivity contribution in [2.45, 2.75) is 58.5 Å². The predicted octanol–water partition coefficient (Wildman–Crippen LogP) is 2.25. The van der Waals surface area contributed by atoms with E-state index in [0.29, 0.717) is 11.5 Å². The van der Waals surface area contributed by atoms with E-state index in [4.69, 9.17) is 0 Å². The van der Waals surface area contributed by atoms with Gasteiger partial charge in [0.1, 0.15) is 0 Å². The summed E-state index contributed by atoms with van der Waals surface area (Å²) < 4.78 is 0. The van der Waals surface area contributed by atoms with Gasteiger partial charge in [-0.1, -0.05) is 13.8 Å². The van der Waals surface area contributed by atoms with Gasteiger partial charge < -0.3 is 5.32 Å². The van der Waals surface area contributed by atoms with E-state index in [1.54, 1.807) is 0 Å². The van der Waals surface area contributed by atoms with Crippen LogP contribution in [0.15, 0.2) is 0 Å². The summed E-state index contributed by atoms with van der Waals surface area (Å²) in [5, 5.41) is 3.64. The van der Waals surface area contributed by atoms with Gasteiger partial charge >= 0.3 is 0 Å². The SMILES string of the molecule is CC(CNC1CC1)N1CCCC(C)(C)C1. The second-order valence-corrected chi connectivity index (χ2v) is 6.27. The van der Waals surface area contributed by atoms with Crippen molar-refractivity contribution >= 4 is 0 Å². The van der Waals surface area contributed by atoms with E-state index in [2.05, 4.69) is 31.0 Å². The average molecular weight is 210 g/mol. The fourth-order valence-corrected chi connectivity index (χ4v) is 2.60. The zero-order chi connectivity index (χ0) is 10.9. The molecule has 1 saturated carbocycles. The zero-order valence-corrected chi connectivity index (χ0v) is 10.6. The monoisotopic (exact) mass is 210 g/mol. The maximum absolute atomic E-state index is 3.64. The van der Waals surface area contributed by atoms with Crippen LogP contribution < -0.4 is 5.32 Å². The molecule has 0 radical (unpaired) electrons. The second-order valence-electron chi connectivity index (χ2n) is 6.27. The summed E-state index contributed by atoms with van der Waals surface area (Å²) in [7, 11) is 0. The predicted molar refractivity (Wildman–Crippen MR) is 65.1 cm³/mol. The first-order chi connectivity index (χ1) is 7.07. The van der Waals surface area contributed by atoms with Crippen molar-refractivity contribution in [2.75, 3.05) is 19.6 Å². The fraction of sp³-hybridized carbons (Fsp3) is 1.00. The Balaban J connectivity index is 1.75. The molecular formula is C13H26N2. The summed E-state index contributed by atoms with van der Waals surface area (Å²) in [6, 6.07) is 1.57. The molecule has 0 aromatic carbocycles. The van der Waals surface area contributed by atoms with Crippen molar-refractivity contribution in [3.8, 4) is 0 Å². The highest BCUT2D eigenvalue weighted by Crippen LogP contribution is 2.29. The molecule has 0 aromatic rings. The zero-order valence-electron chi connectivity index (χ0n) is 10.6. The fourth-order valence-electron chi connectivity index (χ4n) is 2.60. The smallest absolute Gasteiger partial charge is 0.0192 e. The van der Waals surface area contributed by atoms with E-state index >= 15 is 0 Å². The maximum Gasteiger partial charge on any atom is 0.0192 e. The molecule has 0 bridgehead atoms. The van der Waals surface area contributed by atoms with Crippen molar-refractivity contribution in [1.29, 1.82) is 0 Å². The lowest BCUT2D eigenvalue weighted by Crippen LogP contribution is -2.48. The molecule has 88 valence electrons. The lowest BCUT2D eigenvalue weighted by molar-refractivity contribution is 0.0841. The molecular weight excluding hydrogens is 184 g/mol. The van der Waals surface area contributed by atoms with E-state index in [1.807, 2.05) is 0 Å². The van der Waals surface area contributed by atoms with Crippen LogP contribution >= 0.6 is 0 Å². The van der Waals surface area contributed by atoms with Gasteiger partial charge in [0.2, 0.25) is 0 Å². The Bertz CT molecular complexity index is 209. The van der Waals surface area contributed by atoms with Crippen LogP contribution in [0.4, 0.5) is 0 Å². The Morgan fingerprint density at radius 1 is 1.40 bits per heavy atom. The number of nitrogens with one attached hydrogen (secondary N) is 1. The molecule has 1 unspecified atom stereocenters. The molecule has 2 aliphatic rings. The van der Waals surface area contributed by atoms with Gasteiger partial charge in [0.05, 0.1) is 0 Å². The highest BCUT2D eigenvalue weighted by molar-refractivity contribution is 4.86. The summed E-state index contributed by atoms with van der Waals surface area (Å²) in [6.07, 6.45) is 5.57. The molecule has 2 heteroatoms. The van der Waals surface area contributed by atoms with Crippen LogP contribution in [0.3, 0.4) is 0 Å². The average Bonchev–Trinajstić information content (AvgIpc) is 2.96. The van der Waals surface area contributed by atoms with E-state index in [-0.39, 0.29) is 0 Å². The quantitative estimate of drug-likeness (QED) is 0.765. The van der Waals surface area contributed by atoms with Crippen LogP contribution in [-0.4, -0.2) is 36.6 Å². The van der Waals surface area contributed by atoms with Crippen molar-refractivity contribution in [3.05, 3.63) is 0 Å². The number of likely N-dealkylation sites (tertiary alicyclic amines) is 1. The van der Waals surface area contributed by atoms with Crippen molar-refractivity contribution in [3.63, 3.8) is 0 Å². The second kappa shape index (κ2) is 4.42. The van der Waals surface area contributed by atoms with Crippen molar-refractivity contribution in [2.24, 2.45) is 5.41 Å².